The highest BCUT2D eigenvalue weighted by molar-refractivity contribution is 6.33. The lowest BCUT2D eigenvalue weighted by molar-refractivity contribution is 0.0982. The first kappa shape index (κ1) is 47.0. The number of hydrogen-bond donors (Lipinski definition) is 1. The van der Waals surface area contributed by atoms with E-state index in [0.29, 0.717) is 38.1 Å². The Morgan fingerprint density at radius 3 is 1.45 bits per heavy atom. The predicted molar refractivity (Wildman–Crippen MR) is 266 cm³/mol. The number of hydrogen-bond acceptors (Lipinski definition) is 9. The average molecular weight is 927 g/mol. The van der Waals surface area contributed by atoms with Gasteiger partial charge >= 0.3 is 0 Å². The third-order valence-electron chi connectivity index (χ3n) is 11.2. The fourth-order valence-electron chi connectivity index (χ4n) is 8.11. The summed E-state index contributed by atoms with van der Waals surface area (Å²) >= 11 is 10.9. The van der Waals surface area contributed by atoms with Gasteiger partial charge in [0.15, 0.2) is 0 Å². The van der Waals surface area contributed by atoms with Gasteiger partial charge in [-0.1, -0.05) is 89.5 Å². The number of benzene rings is 4. The van der Waals surface area contributed by atoms with Crippen molar-refractivity contribution in [1.29, 1.82) is 0 Å². The highest BCUT2D eigenvalue weighted by Gasteiger charge is 2.31. The van der Waals surface area contributed by atoms with Crippen molar-refractivity contribution >= 4 is 74.0 Å². The predicted octanol–water partition coefficient (Wildman–Crippen LogP) is 11.3. The Morgan fingerprint density at radius 1 is 0.576 bits per heavy atom. The molecule has 4 aromatic heterocycles. The van der Waals surface area contributed by atoms with Gasteiger partial charge in [-0.25, -0.2) is 19.9 Å². The molecular formula is C51H53Cl2N9O4. The van der Waals surface area contributed by atoms with Gasteiger partial charge in [-0.05, 0) is 83.6 Å². The monoisotopic (exact) mass is 925 g/mol. The Morgan fingerprint density at radius 2 is 1.00 bits per heavy atom. The van der Waals surface area contributed by atoms with E-state index in [0.717, 1.165) is 44.6 Å². The molecule has 10 rings (SSSR count). The highest BCUT2D eigenvalue weighted by Crippen LogP contribution is 2.37. The van der Waals surface area contributed by atoms with Gasteiger partial charge in [0.05, 0.1) is 24.1 Å². The summed E-state index contributed by atoms with van der Waals surface area (Å²) in [4.78, 5) is 46.1. The number of carbonyl (C=O) groups is 2. The minimum absolute atomic E-state index is 0.0982. The maximum absolute atomic E-state index is 13.3. The lowest BCUT2D eigenvalue weighted by Gasteiger charge is -2.21. The van der Waals surface area contributed by atoms with Crippen molar-refractivity contribution in [2.75, 3.05) is 48.2 Å². The molecule has 15 heteroatoms. The van der Waals surface area contributed by atoms with E-state index in [2.05, 4.69) is 129 Å². The zero-order valence-corrected chi connectivity index (χ0v) is 39.6. The molecule has 0 saturated heterocycles. The Hall–Kier alpha value is -6.96. The standard InChI is InChI=1S/C24H21ClN4O2.C24H23N5O2.C2H6.CH3Cl/c2*1-15(2)19-13-29(16-6-4-3-5-7-16)20-9-8-17(12-18(19)20)28-10-11-31-23-21(24(28)30)22(25)26-14-27-23;2*1-2/h3-9,12-15H,10-11H2,1-2H3;3-9,12-15H,10-11H2,1-2H3,(H2,25,26,27);1-2H3;1H3. The molecule has 8 aromatic rings. The fourth-order valence-corrected chi connectivity index (χ4v) is 8.32. The van der Waals surface area contributed by atoms with Crippen LogP contribution in [-0.4, -0.2) is 73.6 Å². The number of ether oxygens (including phenoxy) is 2. The van der Waals surface area contributed by atoms with Gasteiger partial charge in [-0.15, -0.1) is 11.6 Å². The van der Waals surface area contributed by atoms with Crippen molar-refractivity contribution in [2.24, 2.45) is 0 Å². The Balaban J connectivity index is 0.000000183. The molecule has 2 aliphatic rings. The summed E-state index contributed by atoms with van der Waals surface area (Å²) in [5.41, 5.74) is 14.8. The maximum Gasteiger partial charge on any atom is 0.267 e. The van der Waals surface area contributed by atoms with E-state index in [1.807, 2.05) is 62.4 Å². The second-order valence-electron chi connectivity index (χ2n) is 15.7. The summed E-state index contributed by atoms with van der Waals surface area (Å²) in [7, 11) is 0. The first-order chi connectivity index (χ1) is 32.1. The zero-order chi connectivity index (χ0) is 47.1. The first-order valence-corrected chi connectivity index (χ1v) is 23.0. The lowest BCUT2D eigenvalue weighted by Crippen LogP contribution is -2.32. The van der Waals surface area contributed by atoms with E-state index in [4.69, 9.17) is 26.8 Å². The normalized spacial score (nSPS) is 13.3. The number of alkyl halides is 1. The van der Waals surface area contributed by atoms with Crippen LogP contribution in [0, 0.1) is 0 Å². The smallest absolute Gasteiger partial charge is 0.267 e. The second-order valence-corrected chi connectivity index (χ2v) is 16.0. The van der Waals surface area contributed by atoms with E-state index in [1.54, 1.807) is 9.80 Å². The Bertz CT molecular complexity index is 2770. The number of nitrogen functional groups attached to an aromatic ring is 1. The molecule has 13 nitrogen and oxygen atoms in total. The van der Waals surface area contributed by atoms with Crippen LogP contribution in [0.1, 0.15) is 85.2 Å². The minimum atomic E-state index is -0.258. The topological polar surface area (TPSA) is 147 Å². The molecule has 2 N–H and O–H groups in total. The molecular weight excluding hydrogens is 874 g/mol. The van der Waals surface area contributed by atoms with Crippen LogP contribution < -0.4 is 25.0 Å². The quantitative estimate of drug-likeness (QED) is 0.127. The van der Waals surface area contributed by atoms with E-state index in [1.165, 1.54) is 30.2 Å². The highest BCUT2D eigenvalue weighted by atomic mass is 35.5. The van der Waals surface area contributed by atoms with Crippen molar-refractivity contribution in [2.45, 2.75) is 53.4 Å². The number of nitrogens with zero attached hydrogens (tertiary/aromatic N) is 8. The Kier molecular flexibility index (Phi) is 14.9. The van der Waals surface area contributed by atoms with Crippen molar-refractivity contribution in [3.8, 4) is 23.1 Å². The molecule has 0 saturated carbocycles. The molecule has 0 bridgehead atoms. The number of para-hydroxylation sites is 2. The van der Waals surface area contributed by atoms with Crippen LogP contribution in [0.3, 0.4) is 0 Å². The molecule has 2 aliphatic heterocycles. The van der Waals surface area contributed by atoms with Gasteiger partial charge in [0.1, 0.15) is 48.0 Å². The molecule has 66 heavy (non-hydrogen) atoms. The number of amides is 2. The summed E-state index contributed by atoms with van der Waals surface area (Å²) in [6, 6.07) is 32.7. The van der Waals surface area contributed by atoms with E-state index >= 15 is 0 Å². The second kappa shape index (κ2) is 20.9. The van der Waals surface area contributed by atoms with E-state index < -0.39 is 0 Å². The van der Waals surface area contributed by atoms with E-state index in [-0.39, 0.29) is 45.7 Å². The van der Waals surface area contributed by atoms with Gasteiger partial charge < -0.3 is 34.1 Å². The first-order valence-electron chi connectivity index (χ1n) is 21.9. The van der Waals surface area contributed by atoms with Gasteiger partial charge in [-0.2, -0.15) is 0 Å². The molecule has 0 radical (unpaired) electrons. The SMILES string of the molecule is CC.CC(C)c1cn(-c2ccccc2)c2ccc(N3CCOc4ncnc(Cl)c4C3=O)cc12.CC(C)c1cn(-c2ccccc2)c2ccc(N3CCOc4ncnc(N)c4C3=O)cc12.CCl. The maximum atomic E-state index is 13.3. The van der Waals surface area contributed by atoms with Gasteiger partial charge in [0.25, 0.3) is 11.8 Å². The number of aromatic nitrogens is 6. The van der Waals surface area contributed by atoms with Crippen molar-refractivity contribution in [3.05, 3.63) is 150 Å². The molecule has 0 unspecified atom stereocenters. The number of anilines is 3. The van der Waals surface area contributed by atoms with Crippen molar-refractivity contribution in [1.82, 2.24) is 29.1 Å². The van der Waals surface area contributed by atoms with E-state index in [9.17, 15) is 9.59 Å². The summed E-state index contributed by atoms with van der Waals surface area (Å²) in [5.74, 6) is 0.738. The molecule has 340 valence electrons. The molecule has 2 amide bonds. The Labute approximate surface area is 394 Å². The van der Waals surface area contributed by atoms with Crippen molar-refractivity contribution < 1.29 is 19.1 Å². The van der Waals surface area contributed by atoms with Crippen LogP contribution in [0.5, 0.6) is 11.8 Å². The van der Waals surface area contributed by atoms with Gasteiger partial charge in [0, 0.05) is 52.3 Å². The molecule has 4 aromatic carbocycles. The average Bonchev–Trinajstić information content (AvgIpc) is 3.81. The number of rotatable bonds is 6. The lowest BCUT2D eigenvalue weighted by atomic mass is 10.0. The third kappa shape index (κ3) is 9.27. The van der Waals surface area contributed by atoms with Crippen LogP contribution in [-0.2, 0) is 0 Å². The molecule has 0 aliphatic carbocycles. The number of carbonyl (C=O) groups excluding carboxylic acids is 2. The number of fused-ring (bicyclic) bond motifs is 4. The summed E-state index contributed by atoms with van der Waals surface area (Å²) in [6.45, 7) is 14.2. The molecule has 0 atom stereocenters. The fraction of sp³-hybridized carbons (Fsp3) is 0.255. The van der Waals surface area contributed by atoms with Crippen LogP contribution in [0.4, 0.5) is 17.2 Å². The zero-order valence-electron chi connectivity index (χ0n) is 38.1. The summed E-state index contributed by atoms with van der Waals surface area (Å²) in [6.07, 6.45) is 8.45. The van der Waals surface area contributed by atoms with Crippen LogP contribution >= 0.6 is 23.2 Å². The van der Waals surface area contributed by atoms with Gasteiger partial charge in [0.2, 0.25) is 11.8 Å². The van der Waals surface area contributed by atoms with Crippen LogP contribution in [0.25, 0.3) is 33.2 Å². The number of halogens is 2. The minimum Gasteiger partial charge on any atom is -0.475 e. The third-order valence-corrected chi connectivity index (χ3v) is 11.5. The summed E-state index contributed by atoms with van der Waals surface area (Å²) < 4.78 is 15.7. The van der Waals surface area contributed by atoms with Crippen molar-refractivity contribution in [3.63, 3.8) is 0 Å². The molecule has 0 fully saturated rings. The largest absolute Gasteiger partial charge is 0.475 e. The summed E-state index contributed by atoms with van der Waals surface area (Å²) in [5, 5.41) is 2.33. The van der Waals surface area contributed by atoms with Crippen LogP contribution in [0.2, 0.25) is 5.15 Å². The van der Waals surface area contributed by atoms with Gasteiger partial charge in [-0.3, -0.25) is 9.59 Å². The molecule has 0 spiro atoms. The number of nitrogens with two attached hydrogens (primary N) is 1. The van der Waals surface area contributed by atoms with Crippen LogP contribution in [0.15, 0.2) is 122 Å². The molecule has 6 heterocycles.